The van der Waals surface area contributed by atoms with E-state index < -0.39 is 0 Å². The average molecular weight is 237 g/mol. The van der Waals surface area contributed by atoms with Gasteiger partial charge in [0.25, 0.3) is 0 Å². The number of anilines is 2. The molecule has 0 aromatic carbocycles. The first-order chi connectivity index (χ1) is 8.11. The maximum Gasteiger partial charge on any atom is 0.219 e. The van der Waals surface area contributed by atoms with Gasteiger partial charge in [-0.3, -0.25) is 9.78 Å². The summed E-state index contributed by atoms with van der Waals surface area (Å²) in [5.74, 6) is 1.03. The van der Waals surface area contributed by atoms with Gasteiger partial charge in [0.1, 0.15) is 11.6 Å². The molecule has 94 valence electrons. The number of amides is 1. The van der Waals surface area contributed by atoms with E-state index in [2.05, 4.69) is 27.5 Å². The molecule has 0 saturated heterocycles. The second kappa shape index (κ2) is 6.67. The molecule has 0 aliphatic carbocycles. The van der Waals surface area contributed by atoms with E-state index in [9.17, 15) is 4.79 Å². The Morgan fingerprint density at radius 3 is 2.82 bits per heavy atom. The maximum atomic E-state index is 10.7. The number of rotatable bonds is 7. The molecule has 0 spiro atoms. The molecule has 1 atom stereocenters. The van der Waals surface area contributed by atoms with Gasteiger partial charge >= 0.3 is 0 Å². The molecule has 0 bridgehead atoms. The number of hydrogen-bond acceptors (Lipinski definition) is 5. The van der Waals surface area contributed by atoms with Crippen molar-refractivity contribution in [2.24, 2.45) is 5.73 Å². The molecule has 0 aliphatic rings. The SMILES string of the molecule is CCCNc1cncc(NC(C)CC(N)=O)n1. The van der Waals surface area contributed by atoms with E-state index in [1.54, 1.807) is 12.4 Å². The lowest BCUT2D eigenvalue weighted by Gasteiger charge is -2.13. The van der Waals surface area contributed by atoms with Gasteiger partial charge in [-0.25, -0.2) is 4.98 Å². The number of carbonyl (C=O) groups is 1. The Balaban J connectivity index is 2.55. The zero-order valence-corrected chi connectivity index (χ0v) is 10.2. The fraction of sp³-hybridized carbons (Fsp3) is 0.545. The summed E-state index contributed by atoms with van der Waals surface area (Å²) < 4.78 is 0. The van der Waals surface area contributed by atoms with Crippen LogP contribution in [0, 0.1) is 0 Å². The fourth-order valence-electron chi connectivity index (χ4n) is 1.38. The molecule has 1 aromatic heterocycles. The molecule has 1 heterocycles. The first kappa shape index (κ1) is 13.2. The Hall–Kier alpha value is -1.85. The van der Waals surface area contributed by atoms with Crippen molar-refractivity contribution in [3.8, 4) is 0 Å². The third-order valence-electron chi connectivity index (χ3n) is 2.09. The van der Waals surface area contributed by atoms with Crippen molar-refractivity contribution in [2.75, 3.05) is 17.2 Å². The van der Waals surface area contributed by atoms with Gasteiger partial charge in [-0.15, -0.1) is 0 Å². The highest BCUT2D eigenvalue weighted by atomic mass is 16.1. The van der Waals surface area contributed by atoms with E-state index in [0.29, 0.717) is 5.82 Å². The maximum absolute atomic E-state index is 10.7. The van der Waals surface area contributed by atoms with Crippen LogP contribution in [0.4, 0.5) is 11.6 Å². The van der Waals surface area contributed by atoms with Gasteiger partial charge < -0.3 is 16.4 Å². The Bertz CT molecular complexity index is 369. The van der Waals surface area contributed by atoms with Gasteiger partial charge in [-0.05, 0) is 13.3 Å². The van der Waals surface area contributed by atoms with Crippen molar-refractivity contribution in [2.45, 2.75) is 32.7 Å². The topological polar surface area (TPSA) is 92.9 Å². The van der Waals surface area contributed by atoms with Crippen molar-refractivity contribution < 1.29 is 4.79 Å². The number of primary amides is 1. The summed E-state index contributed by atoms with van der Waals surface area (Å²) in [6, 6.07) is -0.0526. The van der Waals surface area contributed by atoms with Gasteiger partial charge in [0.2, 0.25) is 5.91 Å². The Labute approximate surface area is 101 Å². The number of nitrogens with two attached hydrogens (primary N) is 1. The van der Waals surface area contributed by atoms with Gasteiger partial charge in [0, 0.05) is 19.0 Å². The van der Waals surface area contributed by atoms with Crippen LogP contribution in [-0.4, -0.2) is 28.5 Å². The minimum atomic E-state index is -0.335. The van der Waals surface area contributed by atoms with Crippen molar-refractivity contribution in [1.29, 1.82) is 0 Å². The lowest BCUT2D eigenvalue weighted by molar-refractivity contribution is -0.118. The first-order valence-corrected chi connectivity index (χ1v) is 5.72. The molecule has 6 heteroatoms. The van der Waals surface area contributed by atoms with E-state index in [1.807, 2.05) is 6.92 Å². The fourth-order valence-corrected chi connectivity index (χ4v) is 1.38. The molecular weight excluding hydrogens is 218 g/mol. The Morgan fingerprint density at radius 1 is 1.47 bits per heavy atom. The van der Waals surface area contributed by atoms with Crippen LogP contribution in [0.5, 0.6) is 0 Å². The van der Waals surface area contributed by atoms with Gasteiger partial charge in [-0.2, -0.15) is 0 Å². The van der Waals surface area contributed by atoms with Crippen molar-refractivity contribution >= 4 is 17.5 Å². The van der Waals surface area contributed by atoms with Crippen molar-refractivity contribution in [1.82, 2.24) is 9.97 Å². The molecule has 17 heavy (non-hydrogen) atoms. The number of aromatic nitrogens is 2. The summed E-state index contributed by atoms with van der Waals surface area (Å²) in [6.45, 7) is 4.81. The quantitative estimate of drug-likeness (QED) is 0.657. The summed E-state index contributed by atoms with van der Waals surface area (Å²) in [6.07, 6.45) is 4.58. The summed E-state index contributed by atoms with van der Waals surface area (Å²) in [7, 11) is 0. The number of hydrogen-bond donors (Lipinski definition) is 3. The summed E-state index contributed by atoms with van der Waals surface area (Å²) in [5, 5.41) is 6.22. The zero-order chi connectivity index (χ0) is 12.7. The molecule has 6 nitrogen and oxygen atoms in total. The normalized spacial score (nSPS) is 11.9. The third-order valence-corrected chi connectivity index (χ3v) is 2.09. The van der Waals surface area contributed by atoms with Crippen molar-refractivity contribution in [3.63, 3.8) is 0 Å². The van der Waals surface area contributed by atoms with Crippen LogP contribution in [0.25, 0.3) is 0 Å². The number of nitrogens with one attached hydrogen (secondary N) is 2. The summed E-state index contributed by atoms with van der Waals surface area (Å²) in [4.78, 5) is 19.1. The minimum Gasteiger partial charge on any atom is -0.370 e. The summed E-state index contributed by atoms with van der Waals surface area (Å²) in [5.41, 5.74) is 5.12. The largest absolute Gasteiger partial charge is 0.370 e. The summed E-state index contributed by atoms with van der Waals surface area (Å²) >= 11 is 0. The minimum absolute atomic E-state index is 0.0526. The van der Waals surface area contributed by atoms with E-state index in [0.717, 1.165) is 18.8 Å². The second-order valence-corrected chi connectivity index (χ2v) is 3.93. The smallest absolute Gasteiger partial charge is 0.219 e. The van der Waals surface area contributed by atoms with Crippen LogP contribution >= 0.6 is 0 Å². The van der Waals surface area contributed by atoms with Crippen LogP contribution in [0.2, 0.25) is 0 Å². The lowest BCUT2D eigenvalue weighted by atomic mass is 10.2. The Kier molecular flexibility index (Phi) is 5.19. The van der Waals surface area contributed by atoms with Gasteiger partial charge in [0.05, 0.1) is 12.4 Å². The van der Waals surface area contributed by atoms with E-state index in [-0.39, 0.29) is 18.4 Å². The molecule has 0 fully saturated rings. The van der Waals surface area contributed by atoms with Crippen LogP contribution < -0.4 is 16.4 Å². The predicted octanol–water partition coefficient (Wildman–Crippen LogP) is 0.974. The molecule has 4 N–H and O–H groups in total. The van der Waals surface area contributed by atoms with Crippen LogP contribution in [0.15, 0.2) is 12.4 Å². The third kappa shape index (κ3) is 5.14. The molecule has 0 aliphatic heterocycles. The van der Waals surface area contributed by atoms with E-state index in [4.69, 9.17) is 5.73 Å². The zero-order valence-electron chi connectivity index (χ0n) is 10.2. The van der Waals surface area contributed by atoms with Gasteiger partial charge in [-0.1, -0.05) is 6.92 Å². The first-order valence-electron chi connectivity index (χ1n) is 5.72. The Morgan fingerprint density at radius 2 is 2.18 bits per heavy atom. The van der Waals surface area contributed by atoms with Crippen molar-refractivity contribution in [3.05, 3.63) is 12.4 Å². The second-order valence-electron chi connectivity index (χ2n) is 3.93. The number of nitrogens with zero attached hydrogens (tertiary/aromatic N) is 2. The van der Waals surface area contributed by atoms with E-state index in [1.165, 1.54) is 0 Å². The van der Waals surface area contributed by atoms with Crippen LogP contribution in [0.1, 0.15) is 26.7 Å². The molecule has 0 radical (unpaired) electrons. The molecular formula is C11H19N5O. The predicted molar refractivity (Wildman–Crippen MR) is 67.7 cm³/mol. The monoisotopic (exact) mass is 237 g/mol. The highest BCUT2D eigenvalue weighted by molar-refractivity contribution is 5.74. The molecule has 0 saturated carbocycles. The number of carbonyl (C=O) groups excluding carboxylic acids is 1. The molecule has 1 aromatic rings. The van der Waals surface area contributed by atoms with E-state index >= 15 is 0 Å². The van der Waals surface area contributed by atoms with Crippen LogP contribution in [0.3, 0.4) is 0 Å². The molecule has 1 unspecified atom stereocenters. The average Bonchev–Trinajstić information content (AvgIpc) is 2.25. The standard InChI is InChI=1S/C11H19N5O/c1-3-4-14-10-6-13-7-11(16-10)15-8(2)5-9(12)17/h6-8H,3-5H2,1-2H3,(H2,12,17)(H2,14,15,16). The highest BCUT2D eigenvalue weighted by Crippen LogP contribution is 2.08. The van der Waals surface area contributed by atoms with Gasteiger partial charge in [0.15, 0.2) is 0 Å². The molecule has 1 rings (SSSR count). The molecule has 1 amide bonds. The highest BCUT2D eigenvalue weighted by Gasteiger charge is 2.07. The van der Waals surface area contributed by atoms with Crippen LogP contribution in [-0.2, 0) is 4.79 Å². The lowest BCUT2D eigenvalue weighted by Crippen LogP contribution is -2.24.